The van der Waals surface area contributed by atoms with E-state index in [1.807, 2.05) is 26.0 Å². The molecule has 1 aliphatic rings. The van der Waals surface area contributed by atoms with Gasteiger partial charge in [-0.1, -0.05) is 76.1 Å². The fourth-order valence-electron chi connectivity index (χ4n) is 3.86. The first-order valence-corrected chi connectivity index (χ1v) is 11.5. The van der Waals surface area contributed by atoms with Crippen LogP contribution in [0.3, 0.4) is 0 Å². The van der Waals surface area contributed by atoms with E-state index < -0.39 is 5.41 Å². The first-order valence-electron chi connectivity index (χ1n) is 11.5. The van der Waals surface area contributed by atoms with Crippen LogP contribution in [0.5, 0.6) is 5.75 Å². The summed E-state index contributed by atoms with van der Waals surface area (Å²) in [5, 5.41) is 2.30. The first kappa shape index (κ1) is 22.2. The molecule has 4 nitrogen and oxygen atoms in total. The highest BCUT2D eigenvalue weighted by Crippen LogP contribution is 2.32. The highest BCUT2D eigenvalue weighted by atomic mass is 16.5. The number of fused-ring (bicyclic) bond motifs is 1. The SMILES string of the molecule is CCCCCCCCCCOc1ccc2c(/C=C3\NNC(=O)C3(C)C)cccc2c1. The molecule has 4 heteroatoms. The third-order valence-corrected chi connectivity index (χ3v) is 6.00. The van der Waals surface area contributed by atoms with E-state index in [9.17, 15) is 4.79 Å². The molecule has 2 aromatic carbocycles. The van der Waals surface area contributed by atoms with E-state index in [1.54, 1.807) is 0 Å². The first-order chi connectivity index (χ1) is 14.5. The number of rotatable bonds is 11. The van der Waals surface area contributed by atoms with Crippen molar-refractivity contribution in [1.82, 2.24) is 10.9 Å². The molecule has 3 rings (SSSR count). The minimum atomic E-state index is -0.554. The lowest BCUT2D eigenvalue weighted by molar-refractivity contribution is -0.125. The van der Waals surface area contributed by atoms with Crippen molar-refractivity contribution in [3.63, 3.8) is 0 Å². The third kappa shape index (κ3) is 5.56. The van der Waals surface area contributed by atoms with Crippen LogP contribution >= 0.6 is 0 Å². The lowest BCUT2D eigenvalue weighted by atomic mass is 9.88. The average Bonchev–Trinajstić information content (AvgIpc) is 2.99. The van der Waals surface area contributed by atoms with Gasteiger partial charge in [-0.25, -0.2) is 0 Å². The molecule has 0 aromatic heterocycles. The largest absolute Gasteiger partial charge is 0.494 e. The van der Waals surface area contributed by atoms with Gasteiger partial charge in [0.2, 0.25) is 5.91 Å². The fraction of sp³-hybridized carbons (Fsp3) is 0.500. The molecule has 1 aliphatic heterocycles. The van der Waals surface area contributed by atoms with Crippen LogP contribution in [0.1, 0.15) is 77.7 Å². The Hall–Kier alpha value is -2.49. The number of benzene rings is 2. The van der Waals surface area contributed by atoms with E-state index in [2.05, 4.69) is 48.1 Å². The lowest BCUT2D eigenvalue weighted by Crippen LogP contribution is -2.28. The van der Waals surface area contributed by atoms with Crippen LogP contribution in [0.25, 0.3) is 16.8 Å². The summed E-state index contributed by atoms with van der Waals surface area (Å²) in [5.41, 5.74) is 7.15. The Balaban J connectivity index is 1.56. The predicted molar refractivity (Wildman–Crippen MR) is 125 cm³/mol. The molecule has 0 saturated carbocycles. The summed E-state index contributed by atoms with van der Waals surface area (Å²) in [6.07, 6.45) is 12.5. The summed E-state index contributed by atoms with van der Waals surface area (Å²) in [5.74, 6) is 0.914. The van der Waals surface area contributed by atoms with Crippen molar-refractivity contribution in [3.05, 3.63) is 47.7 Å². The van der Waals surface area contributed by atoms with Crippen LogP contribution < -0.4 is 15.6 Å². The second-order valence-electron chi connectivity index (χ2n) is 8.82. The maximum absolute atomic E-state index is 12.0. The fourth-order valence-corrected chi connectivity index (χ4v) is 3.86. The second-order valence-corrected chi connectivity index (χ2v) is 8.82. The van der Waals surface area contributed by atoms with Gasteiger partial charge in [-0.05, 0) is 54.8 Å². The minimum Gasteiger partial charge on any atom is -0.494 e. The average molecular weight is 409 g/mol. The maximum Gasteiger partial charge on any atom is 0.249 e. The van der Waals surface area contributed by atoms with Crippen molar-refractivity contribution in [1.29, 1.82) is 0 Å². The summed E-state index contributed by atoms with van der Waals surface area (Å²) in [4.78, 5) is 12.0. The monoisotopic (exact) mass is 408 g/mol. The van der Waals surface area contributed by atoms with Crippen molar-refractivity contribution in [2.24, 2.45) is 5.41 Å². The topological polar surface area (TPSA) is 50.4 Å². The molecule has 1 saturated heterocycles. The van der Waals surface area contributed by atoms with E-state index in [-0.39, 0.29) is 5.91 Å². The van der Waals surface area contributed by atoms with E-state index in [1.165, 1.54) is 44.9 Å². The molecule has 1 amide bonds. The Morgan fingerprint density at radius 1 is 0.933 bits per heavy atom. The molecule has 0 spiro atoms. The zero-order valence-corrected chi connectivity index (χ0v) is 18.7. The van der Waals surface area contributed by atoms with Crippen LogP contribution in [0, 0.1) is 5.41 Å². The predicted octanol–water partition coefficient (Wildman–Crippen LogP) is 6.36. The summed E-state index contributed by atoms with van der Waals surface area (Å²) in [6, 6.07) is 12.5. The third-order valence-electron chi connectivity index (χ3n) is 6.00. The smallest absolute Gasteiger partial charge is 0.249 e. The number of nitrogens with one attached hydrogen (secondary N) is 2. The van der Waals surface area contributed by atoms with Gasteiger partial charge in [-0.15, -0.1) is 0 Å². The molecule has 2 N–H and O–H groups in total. The van der Waals surface area contributed by atoms with Crippen LogP contribution in [0.4, 0.5) is 0 Å². The van der Waals surface area contributed by atoms with Crippen molar-refractivity contribution in [3.8, 4) is 5.75 Å². The van der Waals surface area contributed by atoms with E-state index >= 15 is 0 Å². The highest BCUT2D eigenvalue weighted by Gasteiger charge is 2.37. The molecule has 162 valence electrons. The van der Waals surface area contributed by atoms with Gasteiger partial charge in [0.25, 0.3) is 0 Å². The highest BCUT2D eigenvalue weighted by molar-refractivity contribution is 5.94. The maximum atomic E-state index is 12.0. The zero-order chi connectivity index (χ0) is 21.4. The van der Waals surface area contributed by atoms with Crippen molar-refractivity contribution < 1.29 is 9.53 Å². The van der Waals surface area contributed by atoms with Gasteiger partial charge in [0.05, 0.1) is 12.0 Å². The number of ether oxygens (including phenoxy) is 1. The Labute approximate surface area is 181 Å². The molecule has 2 aromatic rings. The zero-order valence-electron chi connectivity index (χ0n) is 18.7. The number of hydrazine groups is 1. The molecule has 0 atom stereocenters. The standard InChI is InChI=1S/C26H36N2O2/c1-4-5-6-7-8-9-10-11-17-30-22-15-16-23-20(18-22)13-12-14-21(23)19-24-26(2,3)25(29)28-27-24/h12-16,18-19,27H,4-11,17H2,1-3H3,(H,28,29)/b24-19-. The van der Waals surface area contributed by atoms with E-state index in [4.69, 9.17) is 4.74 Å². The summed E-state index contributed by atoms with van der Waals surface area (Å²) < 4.78 is 6.00. The molecule has 30 heavy (non-hydrogen) atoms. The van der Waals surface area contributed by atoms with Crippen LogP contribution in [-0.2, 0) is 4.79 Å². The molecule has 1 fully saturated rings. The lowest BCUT2D eigenvalue weighted by Gasteiger charge is -2.15. The molecule has 0 radical (unpaired) electrons. The molecule has 0 aliphatic carbocycles. The van der Waals surface area contributed by atoms with Crippen LogP contribution in [0.15, 0.2) is 42.1 Å². The van der Waals surface area contributed by atoms with Gasteiger partial charge in [-0.3, -0.25) is 10.2 Å². The van der Waals surface area contributed by atoms with Gasteiger partial charge < -0.3 is 10.2 Å². The molecule has 0 bridgehead atoms. The number of hydrogen-bond acceptors (Lipinski definition) is 3. The van der Waals surface area contributed by atoms with E-state index in [0.29, 0.717) is 0 Å². The van der Waals surface area contributed by atoms with Gasteiger partial charge in [0, 0.05) is 5.70 Å². The minimum absolute atomic E-state index is 0.00867. The van der Waals surface area contributed by atoms with Gasteiger partial charge in [0.15, 0.2) is 0 Å². The Bertz CT molecular complexity index is 886. The molecule has 1 heterocycles. The Morgan fingerprint density at radius 2 is 1.67 bits per heavy atom. The number of carbonyl (C=O) groups is 1. The van der Waals surface area contributed by atoms with Gasteiger partial charge in [0.1, 0.15) is 5.75 Å². The Morgan fingerprint density at radius 3 is 2.37 bits per heavy atom. The van der Waals surface area contributed by atoms with Gasteiger partial charge >= 0.3 is 0 Å². The summed E-state index contributed by atoms with van der Waals surface area (Å²) in [7, 11) is 0. The quantitative estimate of drug-likeness (QED) is 0.425. The summed E-state index contributed by atoms with van der Waals surface area (Å²) in [6.45, 7) is 6.89. The number of unbranched alkanes of at least 4 members (excludes halogenated alkanes) is 7. The normalized spacial score (nSPS) is 16.6. The number of hydrogen-bond donors (Lipinski definition) is 2. The second kappa shape index (κ2) is 10.5. The molecular weight excluding hydrogens is 372 g/mol. The van der Waals surface area contributed by atoms with Crippen molar-refractivity contribution >= 4 is 22.8 Å². The van der Waals surface area contributed by atoms with Crippen LogP contribution in [-0.4, -0.2) is 12.5 Å². The van der Waals surface area contributed by atoms with Crippen molar-refractivity contribution in [2.45, 2.75) is 72.1 Å². The van der Waals surface area contributed by atoms with Crippen LogP contribution in [0.2, 0.25) is 0 Å². The van der Waals surface area contributed by atoms with Crippen molar-refractivity contribution in [2.75, 3.05) is 6.61 Å². The number of carbonyl (C=O) groups excluding carboxylic acids is 1. The van der Waals surface area contributed by atoms with Gasteiger partial charge in [-0.2, -0.15) is 0 Å². The molecule has 0 unspecified atom stereocenters. The summed E-state index contributed by atoms with van der Waals surface area (Å²) >= 11 is 0. The molecular formula is C26H36N2O2. The Kier molecular flexibility index (Phi) is 7.78. The van der Waals surface area contributed by atoms with E-state index in [0.717, 1.165) is 40.8 Å². The number of amides is 1.